The molecule has 24 heavy (non-hydrogen) atoms. The monoisotopic (exact) mass is 325 g/mol. The van der Waals surface area contributed by atoms with Gasteiger partial charge < -0.3 is 0 Å². The second kappa shape index (κ2) is 6.65. The molecule has 4 rings (SSSR count). The average Bonchev–Trinajstić information content (AvgIpc) is 3.18. The van der Waals surface area contributed by atoms with Crippen molar-refractivity contribution in [2.24, 2.45) is 7.05 Å². The fraction of sp³-hybridized carbons (Fsp3) is 0.579. The summed E-state index contributed by atoms with van der Waals surface area (Å²) < 4.78 is 1.91. The lowest BCUT2D eigenvalue weighted by molar-refractivity contribution is 0.0445. The van der Waals surface area contributed by atoms with Gasteiger partial charge in [0.05, 0.1) is 11.9 Å². The molecule has 2 saturated heterocycles. The SMILES string of the molecule is Cn1cc(CN2CCCC23CCN(Cc2ccccn2)CC3)cn1. The number of aromatic nitrogens is 3. The number of pyridine rings is 1. The Morgan fingerprint density at radius 3 is 2.67 bits per heavy atom. The summed E-state index contributed by atoms with van der Waals surface area (Å²) in [7, 11) is 2.00. The van der Waals surface area contributed by atoms with E-state index in [1.165, 1.54) is 56.6 Å². The molecule has 5 nitrogen and oxygen atoms in total. The van der Waals surface area contributed by atoms with Gasteiger partial charge in [0.2, 0.25) is 0 Å². The van der Waals surface area contributed by atoms with E-state index in [0.717, 1.165) is 13.1 Å². The molecule has 0 N–H and O–H groups in total. The van der Waals surface area contributed by atoms with Gasteiger partial charge in [-0.05, 0) is 44.4 Å². The molecule has 128 valence electrons. The van der Waals surface area contributed by atoms with Crippen molar-refractivity contribution in [3.8, 4) is 0 Å². The minimum absolute atomic E-state index is 0.413. The van der Waals surface area contributed by atoms with E-state index in [9.17, 15) is 0 Å². The van der Waals surface area contributed by atoms with Crippen molar-refractivity contribution in [2.75, 3.05) is 19.6 Å². The van der Waals surface area contributed by atoms with Crippen molar-refractivity contribution in [3.63, 3.8) is 0 Å². The summed E-state index contributed by atoms with van der Waals surface area (Å²) >= 11 is 0. The van der Waals surface area contributed by atoms with E-state index in [1.54, 1.807) is 0 Å². The first-order chi connectivity index (χ1) is 11.7. The number of rotatable bonds is 4. The van der Waals surface area contributed by atoms with Gasteiger partial charge >= 0.3 is 0 Å². The van der Waals surface area contributed by atoms with Crippen LogP contribution in [-0.4, -0.2) is 49.7 Å². The highest BCUT2D eigenvalue weighted by atomic mass is 15.3. The molecule has 2 aliphatic heterocycles. The Kier molecular flexibility index (Phi) is 4.37. The third-order valence-corrected chi connectivity index (χ3v) is 5.77. The van der Waals surface area contributed by atoms with Crippen molar-refractivity contribution in [2.45, 2.75) is 44.3 Å². The van der Waals surface area contributed by atoms with Gasteiger partial charge in [-0.15, -0.1) is 0 Å². The zero-order valence-corrected chi connectivity index (χ0v) is 14.6. The van der Waals surface area contributed by atoms with Crippen LogP contribution in [-0.2, 0) is 20.1 Å². The van der Waals surface area contributed by atoms with Crippen LogP contribution in [0.1, 0.15) is 36.9 Å². The maximum Gasteiger partial charge on any atom is 0.0543 e. The van der Waals surface area contributed by atoms with Crippen LogP contribution >= 0.6 is 0 Å². The molecule has 0 aliphatic carbocycles. The molecule has 0 unspecified atom stereocenters. The summed E-state index contributed by atoms with van der Waals surface area (Å²) in [5.41, 5.74) is 2.94. The third-order valence-electron chi connectivity index (χ3n) is 5.77. The van der Waals surface area contributed by atoms with Crippen molar-refractivity contribution in [1.29, 1.82) is 0 Å². The highest BCUT2D eigenvalue weighted by Gasteiger charge is 2.42. The van der Waals surface area contributed by atoms with Gasteiger partial charge in [0.1, 0.15) is 0 Å². The summed E-state index contributed by atoms with van der Waals surface area (Å²) in [5, 5.41) is 4.33. The minimum atomic E-state index is 0.413. The van der Waals surface area contributed by atoms with E-state index in [0.29, 0.717) is 5.54 Å². The number of aryl methyl sites for hydroxylation is 1. The molecule has 0 atom stereocenters. The van der Waals surface area contributed by atoms with Crippen molar-refractivity contribution in [1.82, 2.24) is 24.6 Å². The third kappa shape index (κ3) is 3.23. The molecule has 2 fully saturated rings. The standard InChI is InChI=1S/C19H27N5/c1-22-14-17(13-21-22)15-24-10-4-6-19(24)7-11-23(12-8-19)16-18-5-2-3-9-20-18/h2-3,5,9,13-14H,4,6-8,10-12,15-16H2,1H3. The minimum Gasteiger partial charge on any atom is -0.297 e. The topological polar surface area (TPSA) is 37.2 Å². The molecule has 2 aliphatic rings. The molecular formula is C19H27N5. The molecule has 0 amide bonds. The maximum atomic E-state index is 4.47. The lowest BCUT2D eigenvalue weighted by Crippen LogP contribution is -2.51. The Labute approximate surface area is 144 Å². The van der Waals surface area contributed by atoms with E-state index in [-0.39, 0.29) is 0 Å². The Morgan fingerprint density at radius 2 is 1.96 bits per heavy atom. The van der Waals surface area contributed by atoms with E-state index >= 15 is 0 Å². The van der Waals surface area contributed by atoms with Crippen LogP contribution in [0.25, 0.3) is 0 Å². The summed E-state index contributed by atoms with van der Waals surface area (Å²) in [6.45, 7) is 5.63. The molecule has 0 radical (unpaired) electrons. The first-order valence-corrected chi connectivity index (χ1v) is 9.08. The van der Waals surface area contributed by atoms with Crippen LogP contribution in [0.5, 0.6) is 0 Å². The first-order valence-electron chi connectivity index (χ1n) is 9.08. The number of likely N-dealkylation sites (tertiary alicyclic amines) is 2. The predicted octanol–water partition coefficient (Wildman–Crippen LogP) is 2.45. The summed E-state index contributed by atoms with van der Waals surface area (Å²) in [4.78, 5) is 9.76. The van der Waals surface area contributed by atoms with Gasteiger partial charge in [0.25, 0.3) is 0 Å². The molecule has 0 aromatic carbocycles. The van der Waals surface area contributed by atoms with Crippen LogP contribution in [0.2, 0.25) is 0 Å². The molecule has 2 aromatic heterocycles. The molecule has 0 saturated carbocycles. The van der Waals surface area contributed by atoms with Crippen LogP contribution < -0.4 is 0 Å². The number of piperidine rings is 1. The van der Waals surface area contributed by atoms with Gasteiger partial charge in [0.15, 0.2) is 0 Å². The molecule has 2 aromatic rings. The molecule has 5 heteroatoms. The molecular weight excluding hydrogens is 298 g/mol. The zero-order chi connectivity index (χ0) is 16.4. The Morgan fingerprint density at radius 1 is 1.08 bits per heavy atom. The quantitative estimate of drug-likeness (QED) is 0.865. The molecule has 0 bridgehead atoms. The van der Waals surface area contributed by atoms with Crippen LogP contribution in [0.4, 0.5) is 0 Å². The van der Waals surface area contributed by atoms with Gasteiger partial charge in [-0.3, -0.25) is 19.5 Å². The van der Waals surface area contributed by atoms with Gasteiger partial charge in [-0.25, -0.2) is 0 Å². The Balaban J connectivity index is 1.37. The van der Waals surface area contributed by atoms with E-state index in [2.05, 4.69) is 38.2 Å². The van der Waals surface area contributed by atoms with E-state index in [1.807, 2.05) is 30.2 Å². The summed E-state index contributed by atoms with van der Waals surface area (Å²) in [5.74, 6) is 0. The average molecular weight is 325 g/mol. The second-order valence-electron chi connectivity index (χ2n) is 7.37. The maximum absolute atomic E-state index is 4.47. The Hall–Kier alpha value is -1.72. The van der Waals surface area contributed by atoms with Gasteiger partial charge in [-0.1, -0.05) is 6.07 Å². The van der Waals surface area contributed by atoms with Crippen LogP contribution in [0.15, 0.2) is 36.8 Å². The fourth-order valence-corrected chi connectivity index (χ4v) is 4.43. The van der Waals surface area contributed by atoms with Crippen LogP contribution in [0.3, 0.4) is 0 Å². The van der Waals surface area contributed by atoms with Crippen molar-refractivity contribution < 1.29 is 0 Å². The largest absolute Gasteiger partial charge is 0.297 e. The highest BCUT2D eigenvalue weighted by Crippen LogP contribution is 2.39. The first kappa shape index (κ1) is 15.8. The fourth-order valence-electron chi connectivity index (χ4n) is 4.43. The second-order valence-corrected chi connectivity index (χ2v) is 7.37. The Bertz CT molecular complexity index is 657. The predicted molar refractivity (Wildman–Crippen MR) is 94.3 cm³/mol. The smallest absolute Gasteiger partial charge is 0.0543 e. The zero-order valence-electron chi connectivity index (χ0n) is 14.6. The molecule has 1 spiro atoms. The van der Waals surface area contributed by atoms with Crippen molar-refractivity contribution >= 4 is 0 Å². The van der Waals surface area contributed by atoms with Gasteiger partial charge in [-0.2, -0.15) is 5.10 Å². The van der Waals surface area contributed by atoms with Crippen molar-refractivity contribution in [3.05, 3.63) is 48.0 Å². The number of nitrogens with zero attached hydrogens (tertiary/aromatic N) is 5. The number of hydrogen-bond donors (Lipinski definition) is 0. The van der Waals surface area contributed by atoms with Crippen LogP contribution in [0, 0.1) is 0 Å². The highest BCUT2D eigenvalue weighted by molar-refractivity contribution is 5.09. The van der Waals surface area contributed by atoms with E-state index < -0.39 is 0 Å². The number of hydrogen-bond acceptors (Lipinski definition) is 4. The lowest BCUT2D eigenvalue weighted by Gasteiger charge is -2.45. The normalized spacial score (nSPS) is 21.5. The molecule has 4 heterocycles. The van der Waals surface area contributed by atoms with E-state index in [4.69, 9.17) is 0 Å². The summed E-state index contributed by atoms with van der Waals surface area (Å²) in [6, 6.07) is 6.21. The lowest BCUT2D eigenvalue weighted by atomic mass is 9.84. The summed E-state index contributed by atoms with van der Waals surface area (Å²) in [6.07, 6.45) is 11.3. The van der Waals surface area contributed by atoms with Gasteiger partial charge in [0, 0.05) is 56.7 Å².